The highest BCUT2D eigenvalue weighted by atomic mass is 79.9. The molecule has 3 nitrogen and oxygen atoms in total. The minimum atomic E-state index is 0.129. The maximum absolute atomic E-state index is 12.1. The van der Waals surface area contributed by atoms with Gasteiger partial charge in [0.2, 0.25) is 0 Å². The Kier molecular flexibility index (Phi) is 6.80. The van der Waals surface area contributed by atoms with E-state index in [9.17, 15) is 4.79 Å². The lowest BCUT2D eigenvalue weighted by molar-refractivity contribution is 0.0976. The van der Waals surface area contributed by atoms with Crippen LogP contribution in [-0.2, 0) is 0 Å². The van der Waals surface area contributed by atoms with Crippen molar-refractivity contribution < 1.29 is 14.3 Å². The second-order valence-corrected chi connectivity index (χ2v) is 4.78. The molecule has 0 saturated carbocycles. The standard InChI is InChI=1S/C14H19BrO3/c1-17-11-7-8-12(14(10-11)18-2)13(16)6-4-3-5-9-15/h7-8,10H,3-6,9H2,1-2H3. The van der Waals surface area contributed by atoms with Crippen LogP contribution >= 0.6 is 15.9 Å². The van der Waals surface area contributed by atoms with Crippen molar-refractivity contribution in [3.63, 3.8) is 0 Å². The van der Waals surface area contributed by atoms with Crippen molar-refractivity contribution in [1.82, 2.24) is 0 Å². The van der Waals surface area contributed by atoms with Crippen molar-refractivity contribution in [2.75, 3.05) is 19.5 Å². The van der Waals surface area contributed by atoms with Gasteiger partial charge in [0.1, 0.15) is 11.5 Å². The summed E-state index contributed by atoms with van der Waals surface area (Å²) in [4.78, 5) is 12.1. The molecule has 0 aliphatic carbocycles. The number of unbranched alkanes of at least 4 members (excludes halogenated alkanes) is 2. The van der Waals surface area contributed by atoms with Gasteiger partial charge in [-0.3, -0.25) is 4.79 Å². The van der Waals surface area contributed by atoms with E-state index in [1.54, 1.807) is 32.4 Å². The summed E-state index contributed by atoms with van der Waals surface area (Å²) in [5, 5.41) is 0.993. The quantitative estimate of drug-likeness (QED) is 0.415. The fourth-order valence-corrected chi connectivity index (χ4v) is 2.12. The van der Waals surface area contributed by atoms with Gasteiger partial charge in [0.25, 0.3) is 0 Å². The van der Waals surface area contributed by atoms with Gasteiger partial charge in [-0.15, -0.1) is 0 Å². The molecule has 4 heteroatoms. The Morgan fingerprint density at radius 3 is 2.56 bits per heavy atom. The first-order valence-electron chi connectivity index (χ1n) is 6.04. The Morgan fingerprint density at radius 1 is 1.17 bits per heavy atom. The summed E-state index contributed by atoms with van der Waals surface area (Å²) in [5.74, 6) is 1.41. The molecule has 18 heavy (non-hydrogen) atoms. The smallest absolute Gasteiger partial charge is 0.166 e. The molecule has 1 aromatic rings. The van der Waals surface area contributed by atoms with E-state index in [-0.39, 0.29) is 5.78 Å². The molecule has 0 unspecified atom stereocenters. The predicted molar refractivity (Wildman–Crippen MR) is 76.1 cm³/mol. The zero-order chi connectivity index (χ0) is 13.4. The van der Waals surface area contributed by atoms with Crippen LogP contribution < -0.4 is 9.47 Å². The van der Waals surface area contributed by atoms with E-state index in [1.165, 1.54) is 0 Å². The number of hydrogen-bond donors (Lipinski definition) is 0. The van der Waals surface area contributed by atoms with E-state index in [0.29, 0.717) is 23.5 Å². The third-order valence-corrected chi connectivity index (χ3v) is 3.31. The highest BCUT2D eigenvalue weighted by Gasteiger charge is 2.12. The fraction of sp³-hybridized carbons (Fsp3) is 0.500. The Bertz CT molecular complexity index is 391. The summed E-state index contributed by atoms with van der Waals surface area (Å²) in [6.07, 6.45) is 3.65. The van der Waals surface area contributed by atoms with Crippen molar-refractivity contribution in [1.29, 1.82) is 0 Å². The van der Waals surface area contributed by atoms with Crippen molar-refractivity contribution in [3.8, 4) is 11.5 Å². The van der Waals surface area contributed by atoms with Gasteiger partial charge in [-0.1, -0.05) is 22.4 Å². The van der Waals surface area contributed by atoms with Gasteiger partial charge in [-0.2, -0.15) is 0 Å². The van der Waals surface area contributed by atoms with Crippen LogP contribution in [0.3, 0.4) is 0 Å². The molecule has 0 radical (unpaired) electrons. The number of carbonyl (C=O) groups excluding carboxylic acids is 1. The normalized spacial score (nSPS) is 10.2. The number of carbonyl (C=O) groups is 1. The van der Waals surface area contributed by atoms with E-state index in [1.807, 2.05) is 0 Å². The third-order valence-electron chi connectivity index (χ3n) is 2.75. The van der Waals surface area contributed by atoms with E-state index in [0.717, 1.165) is 24.6 Å². The van der Waals surface area contributed by atoms with Crippen LogP contribution in [0.25, 0.3) is 0 Å². The molecular weight excluding hydrogens is 296 g/mol. The van der Waals surface area contributed by atoms with Crippen molar-refractivity contribution in [3.05, 3.63) is 23.8 Å². The van der Waals surface area contributed by atoms with E-state index in [2.05, 4.69) is 15.9 Å². The summed E-state index contributed by atoms with van der Waals surface area (Å²) in [5.41, 5.74) is 0.636. The van der Waals surface area contributed by atoms with Crippen molar-refractivity contribution in [2.45, 2.75) is 25.7 Å². The predicted octanol–water partition coefficient (Wildman–Crippen LogP) is 3.84. The molecule has 0 heterocycles. The summed E-state index contributed by atoms with van der Waals surface area (Å²) in [6.45, 7) is 0. The third kappa shape index (κ3) is 4.33. The second-order valence-electron chi connectivity index (χ2n) is 3.99. The number of halogens is 1. The largest absolute Gasteiger partial charge is 0.497 e. The number of Topliss-reactive ketones (excluding diaryl/α,β-unsaturated/α-hetero) is 1. The molecule has 1 rings (SSSR count). The van der Waals surface area contributed by atoms with Crippen LogP contribution in [0.4, 0.5) is 0 Å². The molecule has 0 aliphatic rings. The van der Waals surface area contributed by atoms with Gasteiger partial charge < -0.3 is 9.47 Å². The average molecular weight is 315 g/mol. The lowest BCUT2D eigenvalue weighted by Gasteiger charge is -2.09. The number of alkyl halides is 1. The summed E-state index contributed by atoms with van der Waals surface area (Å²) in [6, 6.07) is 5.30. The summed E-state index contributed by atoms with van der Waals surface area (Å²) in [7, 11) is 3.16. The van der Waals surface area contributed by atoms with Gasteiger partial charge in [0.15, 0.2) is 5.78 Å². The van der Waals surface area contributed by atoms with Gasteiger partial charge in [0, 0.05) is 17.8 Å². The van der Waals surface area contributed by atoms with Crippen molar-refractivity contribution in [2.24, 2.45) is 0 Å². The van der Waals surface area contributed by atoms with Crippen LogP contribution in [0.2, 0.25) is 0 Å². The molecule has 0 amide bonds. The minimum absolute atomic E-state index is 0.129. The maximum atomic E-state index is 12.1. The molecule has 0 atom stereocenters. The Morgan fingerprint density at radius 2 is 1.94 bits per heavy atom. The second kappa shape index (κ2) is 8.14. The van der Waals surface area contributed by atoms with Gasteiger partial charge in [0.05, 0.1) is 19.8 Å². The molecule has 0 fully saturated rings. The zero-order valence-corrected chi connectivity index (χ0v) is 12.5. The number of ketones is 1. The summed E-state index contributed by atoms with van der Waals surface area (Å²) >= 11 is 3.38. The Hall–Kier alpha value is -1.03. The van der Waals surface area contributed by atoms with E-state index < -0.39 is 0 Å². The lowest BCUT2D eigenvalue weighted by Crippen LogP contribution is -2.02. The molecular formula is C14H19BrO3. The van der Waals surface area contributed by atoms with Gasteiger partial charge >= 0.3 is 0 Å². The number of benzene rings is 1. The molecule has 0 saturated heterocycles. The first-order chi connectivity index (χ1) is 8.72. The SMILES string of the molecule is COc1ccc(C(=O)CCCCCBr)c(OC)c1. The number of ether oxygens (including phenoxy) is 2. The molecule has 1 aromatic carbocycles. The molecule has 0 bridgehead atoms. The minimum Gasteiger partial charge on any atom is -0.497 e. The van der Waals surface area contributed by atoms with Crippen LogP contribution in [0.5, 0.6) is 11.5 Å². The molecule has 100 valence electrons. The van der Waals surface area contributed by atoms with Crippen LogP contribution in [0, 0.1) is 0 Å². The van der Waals surface area contributed by atoms with Gasteiger partial charge in [-0.25, -0.2) is 0 Å². The van der Waals surface area contributed by atoms with Crippen molar-refractivity contribution >= 4 is 21.7 Å². The summed E-state index contributed by atoms with van der Waals surface area (Å²) < 4.78 is 10.3. The number of hydrogen-bond acceptors (Lipinski definition) is 3. The molecule has 0 aromatic heterocycles. The van der Waals surface area contributed by atoms with E-state index in [4.69, 9.17) is 9.47 Å². The van der Waals surface area contributed by atoms with E-state index >= 15 is 0 Å². The van der Waals surface area contributed by atoms with Crippen LogP contribution in [0.15, 0.2) is 18.2 Å². The fourth-order valence-electron chi connectivity index (χ4n) is 1.72. The highest BCUT2D eigenvalue weighted by Crippen LogP contribution is 2.26. The van der Waals surface area contributed by atoms with Gasteiger partial charge in [-0.05, 0) is 25.0 Å². The zero-order valence-electron chi connectivity index (χ0n) is 10.9. The Labute approximate surface area is 117 Å². The first-order valence-corrected chi connectivity index (χ1v) is 7.16. The lowest BCUT2D eigenvalue weighted by atomic mass is 10.0. The highest BCUT2D eigenvalue weighted by molar-refractivity contribution is 9.09. The number of methoxy groups -OCH3 is 2. The monoisotopic (exact) mass is 314 g/mol. The first kappa shape index (κ1) is 15.0. The average Bonchev–Trinajstić information content (AvgIpc) is 2.42. The number of rotatable bonds is 8. The van der Waals surface area contributed by atoms with Crippen LogP contribution in [-0.4, -0.2) is 25.3 Å². The topological polar surface area (TPSA) is 35.5 Å². The van der Waals surface area contributed by atoms with Crippen LogP contribution in [0.1, 0.15) is 36.0 Å². The molecule has 0 spiro atoms. The Balaban J connectivity index is 2.66. The molecule has 0 N–H and O–H groups in total. The molecule has 0 aliphatic heterocycles. The maximum Gasteiger partial charge on any atom is 0.166 e.